The van der Waals surface area contributed by atoms with Crippen LogP contribution in [-0.2, 0) is 0 Å². The first-order chi connectivity index (χ1) is 7.27. The van der Waals surface area contributed by atoms with E-state index in [9.17, 15) is 0 Å². The van der Waals surface area contributed by atoms with Gasteiger partial charge >= 0.3 is 0 Å². The van der Waals surface area contributed by atoms with Crippen molar-refractivity contribution >= 4 is 0 Å². The van der Waals surface area contributed by atoms with E-state index in [4.69, 9.17) is 0 Å². The van der Waals surface area contributed by atoms with Crippen LogP contribution in [-0.4, -0.2) is 0 Å². The molecule has 1 aliphatic rings. The van der Waals surface area contributed by atoms with Gasteiger partial charge in [-0.3, -0.25) is 0 Å². The molecule has 1 rings (SSSR count). The van der Waals surface area contributed by atoms with Gasteiger partial charge in [0.25, 0.3) is 0 Å². The van der Waals surface area contributed by atoms with Crippen molar-refractivity contribution in [2.45, 2.75) is 33.6 Å². The van der Waals surface area contributed by atoms with Crippen LogP contribution in [0.15, 0.2) is 61.3 Å². The second kappa shape index (κ2) is 15.2. The van der Waals surface area contributed by atoms with Gasteiger partial charge in [-0.05, 0) is 19.8 Å². The fourth-order valence-electron chi connectivity index (χ4n) is 0.774. The van der Waals surface area contributed by atoms with E-state index >= 15 is 0 Å². The topological polar surface area (TPSA) is 0 Å². The van der Waals surface area contributed by atoms with Crippen LogP contribution < -0.4 is 0 Å². The molecule has 0 N–H and O–H groups in total. The van der Waals surface area contributed by atoms with Crippen LogP contribution in [0.2, 0.25) is 0 Å². The monoisotopic (exact) mass is 204 g/mol. The first-order valence-electron chi connectivity index (χ1n) is 5.53. The molecule has 84 valence electrons. The van der Waals surface area contributed by atoms with Crippen LogP contribution in [0.25, 0.3) is 0 Å². The fourth-order valence-corrected chi connectivity index (χ4v) is 0.774. The van der Waals surface area contributed by atoms with E-state index in [1.165, 1.54) is 12.8 Å². The highest BCUT2D eigenvalue weighted by Gasteiger charge is 1.77. The molecule has 0 aromatic carbocycles. The summed E-state index contributed by atoms with van der Waals surface area (Å²) < 4.78 is 0. The normalized spacial score (nSPS) is 12.2. The summed E-state index contributed by atoms with van der Waals surface area (Å²) in [6, 6.07) is 0. The van der Waals surface area contributed by atoms with E-state index in [0.717, 1.165) is 5.57 Å². The van der Waals surface area contributed by atoms with Gasteiger partial charge in [-0.15, -0.1) is 0 Å². The molecule has 0 aliphatic heterocycles. The lowest BCUT2D eigenvalue weighted by Gasteiger charge is -1.88. The maximum atomic E-state index is 3.66. The van der Waals surface area contributed by atoms with Crippen molar-refractivity contribution < 1.29 is 0 Å². The Kier molecular flexibility index (Phi) is 16.3. The Morgan fingerprint density at radius 2 is 1.60 bits per heavy atom. The number of hydrogen-bond donors (Lipinski definition) is 0. The van der Waals surface area contributed by atoms with Crippen molar-refractivity contribution in [1.29, 1.82) is 0 Å². The molecule has 1 aliphatic carbocycles. The highest BCUT2D eigenvalue weighted by Crippen LogP contribution is 1.98. The molecule has 0 aromatic rings. The van der Waals surface area contributed by atoms with E-state index < -0.39 is 0 Å². The zero-order chi connectivity index (χ0) is 11.9. The van der Waals surface area contributed by atoms with Gasteiger partial charge in [-0.2, -0.15) is 0 Å². The number of hydrogen-bond acceptors (Lipinski definition) is 0. The summed E-state index contributed by atoms with van der Waals surface area (Å²) >= 11 is 0. The van der Waals surface area contributed by atoms with E-state index in [-0.39, 0.29) is 0 Å². The van der Waals surface area contributed by atoms with Crippen LogP contribution in [0.1, 0.15) is 33.6 Å². The molecule has 0 amide bonds. The Bertz CT molecular complexity index is 214. The minimum Gasteiger partial charge on any atom is -0.0991 e. The molecule has 0 saturated carbocycles. The molecule has 0 unspecified atom stereocenters. The molecular weight excluding hydrogens is 180 g/mol. The van der Waals surface area contributed by atoms with Gasteiger partial charge in [0.15, 0.2) is 0 Å². The van der Waals surface area contributed by atoms with Gasteiger partial charge in [0.2, 0.25) is 0 Å². The van der Waals surface area contributed by atoms with Gasteiger partial charge < -0.3 is 0 Å². The molecule has 0 aromatic heterocycles. The SMILES string of the molecule is C1=CCCC=C1.C=C/C=C\C(=C)C.CC. The average molecular weight is 204 g/mol. The maximum absolute atomic E-state index is 3.66. The standard InChI is InChI=1S/C7H10.C6H8.C2H6/c1-4-5-6-7(2)3;1-2-4-6-5-3-1;1-2/h4-6H,1-2H2,3H3;1-4H,5-6H2;1-2H3/b6-5-;;. The van der Waals surface area contributed by atoms with E-state index in [1.54, 1.807) is 6.08 Å². The summed E-state index contributed by atoms with van der Waals surface area (Å²) in [5.74, 6) is 0. The average Bonchev–Trinajstić information content (AvgIpc) is 2.32. The van der Waals surface area contributed by atoms with Crippen molar-refractivity contribution in [2.24, 2.45) is 0 Å². The Labute approximate surface area is 95.4 Å². The van der Waals surface area contributed by atoms with Crippen molar-refractivity contribution in [3.05, 3.63) is 61.3 Å². The Morgan fingerprint density at radius 1 is 1.13 bits per heavy atom. The second-order valence-corrected chi connectivity index (χ2v) is 2.87. The molecule has 0 fully saturated rings. The first-order valence-corrected chi connectivity index (χ1v) is 5.53. The van der Waals surface area contributed by atoms with Crippen molar-refractivity contribution in [3.8, 4) is 0 Å². The molecule has 0 radical (unpaired) electrons. The second-order valence-electron chi connectivity index (χ2n) is 2.87. The van der Waals surface area contributed by atoms with Gasteiger partial charge in [-0.1, -0.05) is 75.1 Å². The highest BCUT2D eigenvalue weighted by molar-refractivity contribution is 5.15. The molecule has 0 heterocycles. The van der Waals surface area contributed by atoms with Crippen molar-refractivity contribution in [1.82, 2.24) is 0 Å². The smallest absolute Gasteiger partial charge is 0.0313 e. The molecular formula is C15H24. The zero-order valence-corrected chi connectivity index (χ0v) is 10.4. The quantitative estimate of drug-likeness (QED) is 0.541. The van der Waals surface area contributed by atoms with Gasteiger partial charge in [0, 0.05) is 0 Å². The molecule has 0 spiro atoms. The molecule has 0 heteroatoms. The molecule has 0 saturated heterocycles. The Hall–Kier alpha value is -1.30. The van der Waals surface area contributed by atoms with Crippen LogP contribution in [0, 0.1) is 0 Å². The number of allylic oxidation sites excluding steroid dienone is 8. The summed E-state index contributed by atoms with van der Waals surface area (Å²) in [5, 5.41) is 0. The van der Waals surface area contributed by atoms with E-state index in [0.29, 0.717) is 0 Å². The van der Waals surface area contributed by atoms with E-state index in [1.807, 2.05) is 32.9 Å². The van der Waals surface area contributed by atoms with Crippen LogP contribution in [0.4, 0.5) is 0 Å². The Balaban J connectivity index is 0. The largest absolute Gasteiger partial charge is 0.0991 e. The lowest BCUT2D eigenvalue weighted by Crippen LogP contribution is -1.67. The molecule has 0 atom stereocenters. The lowest BCUT2D eigenvalue weighted by atomic mass is 10.2. The summed E-state index contributed by atoms with van der Waals surface area (Å²) in [6.45, 7) is 13.1. The third-order valence-corrected chi connectivity index (χ3v) is 1.40. The fraction of sp³-hybridized carbons (Fsp3) is 0.333. The summed E-state index contributed by atoms with van der Waals surface area (Å²) in [7, 11) is 0. The summed E-state index contributed by atoms with van der Waals surface area (Å²) in [5.41, 5.74) is 1.06. The maximum Gasteiger partial charge on any atom is -0.0313 e. The van der Waals surface area contributed by atoms with Crippen molar-refractivity contribution in [2.75, 3.05) is 0 Å². The van der Waals surface area contributed by atoms with Gasteiger partial charge in [0.1, 0.15) is 0 Å². The van der Waals surface area contributed by atoms with Gasteiger partial charge in [0.05, 0.1) is 0 Å². The summed E-state index contributed by atoms with van der Waals surface area (Å²) in [6.07, 6.45) is 16.5. The van der Waals surface area contributed by atoms with Gasteiger partial charge in [-0.25, -0.2) is 0 Å². The highest BCUT2D eigenvalue weighted by atomic mass is 13.8. The van der Waals surface area contributed by atoms with Crippen LogP contribution in [0.5, 0.6) is 0 Å². The third kappa shape index (κ3) is 19.2. The van der Waals surface area contributed by atoms with Crippen LogP contribution >= 0.6 is 0 Å². The third-order valence-electron chi connectivity index (χ3n) is 1.40. The number of rotatable bonds is 2. The van der Waals surface area contributed by atoms with E-state index in [2.05, 4.69) is 37.5 Å². The first kappa shape index (κ1) is 16.1. The molecule has 0 bridgehead atoms. The molecule has 15 heavy (non-hydrogen) atoms. The predicted octanol–water partition coefficient (Wildman–Crippen LogP) is 5.22. The minimum atomic E-state index is 1.06. The summed E-state index contributed by atoms with van der Waals surface area (Å²) in [4.78, 5) is 0. The lowest BCUT2D eigenvalue weighted by molar-refractivity contribution is 1.04. The zero-order valence-electron chi connectivity index (χ0n) is 10.4. The minimum absolute atomic E-state index is 1.06. The van der Waals surface area contributed by atoms with Crippen molar-refractivity contribution in [3.63, 3.8) is 0 Å². The van der Waals surface area contributed by atoms with Crippen LogP contribution in [0.3, 0.4) is 0 Å². The Morgan fingerprint density at radius 3 is 1.73 bits per heavy atom. The predicted molar refractivity (Wildman–Crippen MR) is 73.0 cm³/mol. The molecule has 0 nitrogen and oxygen atoms in total.